The molecule has 1 aromatic carbocycles. The van der Waals surface area contributed by atoms with Crippen molar-refractivity contribution in [3.05, 3.63) is 28.5 Å². The summed E-state index contributed by atoms with van der Waals surface area (Å²) in [5, 5.41) is 8.65. The highest BCUT2D eigenvalue weighted by Gasteiger charge is 2.13. The van der Waals surface area contributed by atoms with Crippen molar-refractivity contribution in [1.29, 1.82) is 5.26 Å². The van der Waals surface area contributed by atoms with Crippen molar-refractivity contribution in [3.8, 4) is 6.07 Å². The van der Waals surface area contributed by atoms with E-state index in [0.717, 1.165) is 6.07 Å². The summed E-state index contributed by atoms with van der Waals surface area (Å²) in [6, 6.07) is 3.87. The van der Waals surface area contributed by atoms with Gasteiger partial charge in [-0.3, -0.25) is 0 Å². The summed E-state index contributed by atoms with van der Waals surface area (Å²) in [5.74, 6) is -0.610. The van der Waals surface area contributed by atoms with E-state index in [1.165, 1.54) is 6.07 Å². The summed E-state index contributed by atoms with van der Waals surface area (Å²) in [4.78, 5) is 0. The van der Waals surface area contributed by atoms with Gasteiger partial charge in [-0.15, -0.1) is 0 Å². The van der Waals surface area contributed by atoms with Crippen LogP contribution in [0.15, 0.2) is 12.1 Å². The number of nitrogens with zero attached hydrogens (tertiary/aromatic N) is 1. The Morgan fingerprint density at radius 3 is 2.79 bits per heavy atom. The van der Waals surface area contributed by atoms with Crippen LogP contribution in [-0.2, 0) is 0 Å². The number of nitrogen functional groups attached to an aromatic ring is 1. The zero-order valence-corrected chi connectivity index (χ0v) is 8.05. The molecular formula is C9H9ClFN3. The van der Waals surface area contributed by atoms with Gasteiger partial charge in [0.1, 0.15) is 5.82 Å². The van der Waals surface area contributed by atoms with Gasteiger partial charge in [0.25, 0.3) is 0 Å². The molecule has 1 unspecified atom stereocenters. The van der Waals surface area contributed by atoms with E-state index < -0.39 is 11.9 Å². The van der Waals surface area contributed by atoms with Gasteiger partial charge in [0.05, 0.1) is 18.2 Å². The van der Waals surface area contributed by atoms with Crippen LogP contribution in [0.2, 0.25) is 5.02 Å². The summed E-state index contributed by atoms with van der Waals surface area (Å²) in [5.41, 5.74) is 11.4. The van der Waals surface area contributed by atoms with E-state index in [1.807, 2.05) is 6.07 Å². The first kappa shape index (κ1) is 10.8. The molecule has 0 spiro atoms. The van der Waals surface area contributed by atoms with Crippen LogP contribution in [0.25, 0.3) is 0 Å². The third-order valence-corrected chi connectivity index (χ3v) is 2.06. The Labute approximate surface area is 86.1 Å². The van der Waals surface area contributed by atoms with Gasteiger partial charge in [0.15, 0.2) is 0 Å². The monoisotopic (exact) mass is 213 g/mol. The molecule has 0 fully saturated rings. The second-order valence-electron chi connectivity index (χ2n) is 2.86. The molecule has 0 amide bonds. The maximum absolute atomic E-state index is 13.1. The van der Waals surface area contributed by atoms with E-state index in [2.05, 4.69) is 0 Å². The Morgan fingerprint density at radius 1 is 1.57 bits per heavy atom. The number of hydrogen-bond donors (Lipinski definition) is 2. The lowest BCUT2D eigenvalue weighted by Crippen LogP contribution is -2.12. The number of nitrogens with two attached hydrogens (primary N) is 2. The van der Waals surface area contributed by atoms with Crippen LogP contribution in [0.1, 0.15) is 18.0 Å². The van der Waals surface area contributed by atoms with Crippen molar-refractivity contribution in [2.24, 2.45) is 5.73 Å². The highest BCUT2D eigenvalue weighted by molar-refractivity contribution is 6.30. The van der Waals surface area contributed by atoms with Crippen LogP contribution >= 0.6 is 11.6 Å². The molecule has 1 rings (SSSR count). The summed E-state index contributed by atoms with van der Waals surface area (Å²) < 4.78 is 13.1. The van der Waals surface area contributed by atoms with Crippen LogP contribution in [0.3, 0.4) is 0 Å². The highest BCUT2D eigenvalue weighted by atomic mass is 35.5. The molecule has 1 aromatic rings. The van der Waals surface area contributed by atoms with E-state index in [0.29, 0.717) is 5.56 Å². The number of anilines is 1. The molecule has 0 aliphatic carbocycles. The first-order valence-corrected chi connectivity index (χ1v) is 4.31. The Morgan fingerprint density at radius 2 is 2.21 bits per heavy atom. The molecule has 1 atom stereocenters. The quantitative estimate of drug-likeness (QED) is 0.738. The van der Waals surface area contributed by atoms with Crippen molar-refractivity contribution in [2.45, 2.75) is 12.5 Å². The van der Waals surface area contributed by atoms with E-state index in [-0.39, 0.29) is 17.1 Å². The lowest BCUT2D eigenvalue weighted by atomic mass is 10.0. The molecule has 0 saturated carbocycles. The van der Waals surface area contributed by atoms with Gasteiger partial charge in [-0.25, -0.2) is 4.39 Å². The molecular weight excluding hydrogens is 205 g/mol. The van der Waals surface area contributed by atoms with Crippen LogP contribution < -0.4 is 11.5 Å². The molecule has 14 heavy (non-hydrogen) atoms. The van der Waals surface area contributed by atoms with Crippen molar-refractivity contribution in [1.82, 2.24) is 0 Å². The minimum Gasteiger partial charge on any atom is -0.396 e. The third kappa shape index (κ3) is 2.13. The first-order valence-electron chi connectivity index (χ1n) is 3.93. The molecule has 0 radical (unpaired) electrons. The Bertz CT molecular complexity index is 386. The zero-order chi connectivity index (χ0) is 10.7. The van der Waals surface area contributed by atoms with Gasteiger partial charge in [0.2, 0.25) is 0 Å². The summed E-state index contributed by atoms with van der Waals surface area (Å²) in [6.45, 7) is 0. The van der Waals surface area contributed by atoms with E-state index >= 15 is 0 Å². The molecule has 0 aliphatic heterocycles. The molecule has 5 heteroatoms. The molecule has 3 nitrogen and oxygen atoms in total. The van der Waals surface area contributed by atoms with Crippen molar-refractivity contribution < 1.29 is 4.39 Å². The largest absolute Gasteiger partial charge is 0.396 e. The maximum Gasteiger partial charge on any atom is 0.147 e. The normalized spacial score (nSPS) is 12.1. The van der Waals surface area contributed by atoms with Gasteiger partial charge in [0, 0.05) is 11.1 Å². The van der Waals surface area contributed by atoms with Gasteiger partial charge >= 0.3 is 0 Å². The lowest BCUT2D eigenvalue weighted by Gasteiger charge is -2.12. The molecule has 0 aromatic heterocycles. The number of nitriles is 1. The van der Waals surface area contributed by atoms with Gasteiger partial charge in [-0.1, -0.05) is 11.6 Å². The van der Waals surface area contributed by atoms with E-state index in [1.54, 1.807) is 0 Å². The number of rotatable bonds is 2. The summed E-state index contributed by atoms with van der Waals surface area (Å²) >= 11 is 5.63. The van der Waals surface area contributed by atoms with Gasteiger partial charge in [-0.05, 0) is 17.7 Å². The Hall–Kier alpha value is -1.31. The highest BCUT2D eigenvalue weighted by Crippen LogP contribution is 2.27. The van der Waals surface area contributed by atoms with Gasteiger partial charge in [-0.2, -0.15) is 5.26 Å². The fraction of sp³-hybridized carbons (Fsp3) is 0.222. The van der Waals surface area contributed by atoms with E-state index in [9.17, 15) is 4.39 Å². The fourth-order valence-corrected chi connectivity index (χ4v) is 1.33. The molecule has 0 aliphatic rings. The molecule has 0 bridgehead atoms. The fourth-order valence-electron chi connectivity index (χ4n) is 1.12. The Kier molecular flexibility index (Phi) is 3.28. The minimum atomic E-state index is -0.610. The number of hydrogen-bond acceptors (Lipinski definition) is 3. The molecule has 0 saturated heterocycles. The number of halogens is 2. The van der Waals surface area contributed by atoms with Gasteiger partial charge < -0.3 is 11.5 Å². The Balaban J connectivity index is 3.14. The van der Waals surface area contributed by atoms with Crippen LogP contribution in [0.4, 0.5) is 10.1 Å². The topological polar surface area (TPSA) is 75.8 Å². The van der Waals surface area contributed by atoms with Crippen molar-refractivity contribution in [2.75, 3.05) is 5.73 Å². The predicted octanol–water partition coefficient (Wildman–Crippen LogP) is 1.97. The zero-order valence-electron chi connectivity index (χ0n) is 7.30. The van der Waals surface area contributed by atoms with Crippen LogP contribution in [0, 0.1) is 17.1 Å². The van der Waals surface area contributed by atoms with E-state index in [4.69, 9.17) is 28.3 Å². The molecule has 4 N–H and O–H groups in total. The standard InChI is InChI=1S/C9H9ClFN3/c10-5-3-6(8(13)1-2-12)9(14)7(11)4-5/h3-4,8H,1,13-14H2. The van der Waals surface area contributed by atoms with Crippen molar-refractivity contribution >= 4 is 17.3 Å². The average molecular weight is 214 g/mol. The second-order valence-corrected chi connectivity index (χ2v) is 3.30. The van der Waals surface area contributed by atoms with Crippen molar-refractivity contribution in [3.63, 3.8) is 0 Å². The third-order valence-electron chi connectivity index (χ3n) is 1.84. The number of benzene rings is 1. The lowest BCUT2D eigenvalue weighted by molar-refractivity contribution is 0.626. The minimum absolute atomic E-state index is 0.0443. The molecule has 74 valence electrons. The second kappa shape index (κ2) is 4.27. The first-order chi connectivity index (χ1) is 6.56. The SMILES string of the molecule is N#CCC(N)c1cc(Cl)cc(F)c1N. The maximum atomic E-state index is 13.1. The van der Waals surface area contributed by atoms with Crippen LogP contribution in [-0.4, -0.2) is 0 Å². The van der Waals surface area contributed by atoms with Crippen LogP contribution in [0.5, 0.6) is 0 Å². The predicted molar refractivity (Wildman–Crippen MR) is 53.0 cm³/mol. The smallest absolute Gasteiger partial charge is 0.147 e. The molecule has 0 heterocycles. The summed E-state index contributed by atoms with van der Waals surface area (Å²) in [7, 11) is 0. The average Bonchev–Trinajstić information content (AvgIpc) is 2.11. The summed E-state index contributed by atoms with van der Waals surface area (Å²) in [6.07, 6.45) is 0.0734.